The molecule has 0 bridgehead atoms. The molecule has 0 saturated heterocycles. The molecule has 182 valence electrons. The van der Waals surface area contributed by atoms with Gasteiger partial charge in [0, 0.05) is 10.9 Å². The minimum Gasteiger partial charge on any atom is -0.204 e. The first-order valence-electron chi connectivity index (χ1n) is 8.51. The Labute approximate surface area is 176 Å². The number of halogens is 14. The molecular weight excluding hydrogens is 493 g/mol. The lowest BCUT2D eigenvalue weighted by molar-refractivity contribution is -0.144. The van der Waals surface area contributed by atoms with Crippen molar-refractivity contribution < 1.29 is 61.5 Å². The Bertz CT molecular complexity index is 968. The fraction of sp³-hybridized carbons (Fsp3) is 0.333. The Balaban J connectivity index is 3.09. The molecule has 0 heterocycles. The van der Waals surface area contributed by atoms with Crippen LogP contribution in [-0.2, 0) is 12.4 Å². The summed E-state index contributed by atoms with van der Waals surface area (Å²) in [6.07, 6.45) is -12.0. The fourth-order valence-corrected chi connectivity index (χ4v) is 3.31. The first kappa shape index (κ1) is 26.8. The summed E-state index contributed by atoms with van der Waals surface area (Å²) < 4.78 is 191. The molecule has 2 rings (SSSR count). The largest absolute Gasteiger partial charge is 0.422 e. The SMILES string of the molecule is CC(C)(C)B(c1c(F)c(F)c(C(F)(F)F)c(F)c1F)c1c(F)c(F)c(C(F)(F)F)c(F)c1F. The molecule has 2 aromatic carbocycles. The third kappa shape index (κ3) is 4.37. The van der Waals surface area contributed by atoms with Crippen LogP contribution in [0.25, 0.3) is 0 Å². The maximum atomic E-state index is 14.5. The van der Waals surface area contributed by atoms with Crippen LogP contribution in [0.3, 0.4) is 0 Å². The van der Waals surface area contributed by atoms with Crippen LogP contribution in [0.1, 0.15) is 31.9 Å². The molecule has 0 aliphatic heterocycles. The van der Waals surface area contributed by atoms with Gasteiger partial charge < -0.3 is 0 Å². The Morgan fingerprint density at radius 2 is 0.636 bits per heavy atom. The van der Waals surface area contributed by atoms with Crippen LogP contribution < -0.4 is 10.9 Å². The summed E-state index contributed by atoms with van der Waals surface area (Å²) in [5, 5.41) is -2.08. The third-order valence-electron chi connectivity index (χ3n) is 4.60. The molecule has 0 nitrogen and oxygen atoms in total. The van der Waals surface area contributed by atoms with E-state index in [2.05, 4.69) is 0 Å². The van der Waals surface area contributed by atoms with Crippen LogP contribution in [0.5, 0.6) is 0 Å². The maximum Gasteiger partial charge on any atom is 0.422 e. The number of hydrogen-bond acceptors (Lipinski definition) is 0. The molecule has 0 amide bonds. The number of alkyl halides is 6. The van der Waals surface area contributed by atoms with Crippen molar-refractivity contribution >= 4 is 17.6 Å². The predicted octanol–water partition coefficient (Wildman–Crippen LogP) is 6.25. The van der Waals surface area contributed by atoms with Gasteiger partial charge >= 0.3 is 12.4 Å². The van der Waals surface area contributed by atoms with Gasteiger partial charge in [-0.15, -0.1) is 0 Å². The number of rotatable bonds is 2. The minimum atomic E-state index is -5.98. The molecule has 0 fully saturated rings. The number of benzene rings is 2. The van der Waals surface area contributed by atoms with E-state index in [1.165, 1.54) is 0 Å². The molecule has 2 aromatic rings. The summed E-state index contributed by atoms with van der Waals surface area (Å²) in [5.41, 5.74) is -10.3. The first-order valence-corrected chi connectivity index (χ1v) is 8.51. The van der Waals surface area contributed by atoms with Crippen molar-refractivity contribution in [1.82, 2.24) is 0 Å². The Hall–Kier alpha value is -2.48. The van der Waals surface area contributed by atoms with Gasteiger partial charge in [0.2, 0.25) is 6.71 Å². The average molecular weight is 502 g/mol. The second kappa shape index (κ2) is 8.08. The molecule has 0 aliphatic rings. The van der Waals surface area contributed by atoms with Crippen molar-refractivity contribution in [3.8, 4) is 0 Å². The van der Waals surface area contributed by atoms with E-state index in [1.807, 2.05) is 0 Å². The molecular formula is C18H9BF14. The predicted molar refractivity (Wildman–Crippen MR) is 87.3 cm³/mol. The average Bonchev–Trinajstić information content (AvgIpc) is 2.61. The highest BCUT2D eigenvalue weighted by Crippen LogP contribution is 2.39. The summed E-state index contributed by atoms with van der Waals surface area (Å²) in [6, 6.07) is 0. The molecule has 0 unspecified atom stereocenters. The fourth-order valence-electron chi connectivity index (χ4n) is 3.31. The quantitative estimate of drug-likeness (QED) is 0.259. The summed E-state index contributed by atoms with van der Waals surface area (Å²) in [4.78, 5) is 0. The zero-order valence-electron chi connectivity index (χ0n) is 16.4. The van der Waals surface area contributed by atoms with Crippen molar-refractivity contribution in [2.75, 3.05) is 0 Å². The van der Waals surface area contributed by atoms with E-state index >= 15 is 0 Å². The van der Waals surface area contributed by atoms with E-state index in [0.717, 1.165) is 20.8 Å². The monoisotopic (exact) mass is 502 g/mol. The van der Waals surface area contributed by atoms with Gasteiger partial charge in [-0.3, -0.25) is 0 Å². The van der Waals surface area contributed by atoms with Crippen molar-refractivity contribution in [3.63, 3.8) is 0 Å². The van der Waals surface area contributed by atoms with Crippen molar-refractivity contribution in [1.29, 1.82) is 0 Å². The van der Waals surface area contributed by atoms with Crippen LogP contribution >= 0.6 is 0 Å². The summed E-state index contributed by atoms with van der Waals surface area (Å²) in [7, 11) is 0. The van der Waals surface area contributed by atoms with Gasteiger partial charge in [0.1, 0.15) is 11.1 Å². The standard InChI is InChI=1S/C18H9BF14/c1-16(2,3)19(6-12(24)8(20)4(17(28,29)30)9(21)13(6)25)7-14(26)10(22)5(18(31,32)33)11(23)15(7)27/h1-3H3. The summed E-state index contributed by atoms with van der Waals surface area (Å²) in [5.74, 6) is -23.4. The van der Waals surface area contributed by atoms with Gasteiger partial charge in [0.25, 0.3) is 0 Å². The van der Waals surface area contributed by atoms with Gasteiger partial charge in [0.15, 0.2) is 46.5 Å². The first-order chi connectivity index (χ1) is 14.7. The van der Waals surface area contributed by atoms with Gasteiger partial charge in [-0.05, 0) is 5.31 Å². The van der Waals surface area contributed by atoms with Crippen LogP contribution in [-0.4, -0.2) is 6.71 Å². The molecule has 15 heteroatoms. The Morgan fingerprint density at radius 1 is 0.424 bits per heavy atom. The molecule has 0 spiro atoms. The second-order valence-corrected chi connectivity index (χ2v) is 7.88. The molecule has 0 aliphatic carbocycles. The van der Waals surface area contributed by atoms with Crippen LogP contribution in [0.4, 0.5) is 61.5 Å². The highest BCUT2D eigenvalue weighted by atomic mass is 19.4. The van der Waals surface area contributed by atoms with Gasteiger partial charge in [-0.25, -0.2) is 35.1 Å². The van der Waals surface area contributed by atoms with Crippen LogP contribution in [0.2, 0.25) is 5.31 Å². The summed E-state index contributed by atoms with van der Waals surface area (Å²) in [6.45, 7) is -0.349. The zero-order chi connectivity index (χ0) is 26.0. The van der Waals surface area contributed by atoms with E-state index in [-0.39, 0.29) is 0 Å². The second-order valence-electron chi connectivity index (χ2n) is 7.88. The van der Waals surface area contributed by atoms with Gasteiger partial charge in [-0.2, -0.15) is 26.3 Å². The lowest BCUT2D eigenvalue weighted by Crippen LogP contribution is -2.56. The van der Waals surface area contributed by atoms with E-state index in [1.54, 1.807) is 0 Å². The van der Waals surface area contributed by atoms with E-state index in [9.17, 15) is 61.5 Å². The van der Waals surface area contributed by atoms with E-state index < -0.39 is 93.0 Å². The molecule has 0 saturated carbocycles. The lowest BCUT2D eigenvalue weighted by Gasteiger charge is -2.30. The van der Waals surface area contributed by atoms with E-state index in [0.29, 0.717) is 0 Å². The van der Waals surface area contributed by atoms with Crippen molar-refractivity contribution in [2.45, 2.75) is 38.4 Å². The zero-order valence-corrected chi connectivity index (χ0v) is 16.4. The number of hydrogen-bond donors (Lipinski definition) is 0. The summed E-state index contributed by atoms with van der Waals surface area (Å²) >= 11 is 0. The topological polar surface area (TPSA) is 0 Å². The minimum absolute atomic E-state index is 0.830. The van der Waals surface area contributed by atoms with Crippen molar-refractivity contribution in [2.24, 2.45) is 0 Å². The molecule has 0 N–H and O–H groups in total. The molecule has 0 radical (unpaired) electrons. The Morgan fingerprint density at radius 3 is 0.788 bits per heavy atom. The normalized spacial score (nSPS) is 13.0. The maximum absolute atomic E-state index is 14.5. The third-order valence-corrected chi connectivity index (χ3v) is 4.60. The highest BCUT2D eigenvalue weighted by molar-refractivity contribution is 6.87. The molecule has 33 heavy (non-hydrogen) atoms. The van der Waals surface area contributed by atoms with E-state index in [4.69, 9.17) is 0 Å². The van der Waals surface area contributed by atoms with Gasteiger partial charge in [-0.1, -0.05) is 20.8 Å². The Kier molecular flexibility index (Phi) is 6.56. The highest BCUT2D eigenvalue weighted by Gasteiger charge is 2.50. The molecule has 0 aromatic heterocycles. The van der Waals surface area contributed by atoms with Crippen LogP contribution in [0, 0.1) is 46.5 Å². The molecule has 0 atom stereocenters. The van der Waals surface area contributed by atoms with Crippen LogP contribution in [0.15, 0.2) is 0 Å². The smallest absolute Gasteiger partial charge is 0.204 e. The van der Waals surface area contributed by atoms with Crippen molar-refractivity contribution in [3.05, 3.63) is 57.7 Å². The van der Waals surface area contributed by atoms with Gasteiger partial charge in [0.05, 0.1) is 0 Å². The lowest BCUT2D eigenvalue weighted by atomic mass is 9.28.